The van der Waals surface area contributed by atoms with Crippen molar-refractivity contribution in [1.82, 2.24) is 0 Å². The number of hydrogen-bond donors (Lipinski definition) is 0. The van der Waals surface area contributed by atoms with E-state index in [2.05, 4.69) is 4.48 Å². The monoisotopic (exact) mass is 536 g/mol. The van der Waals surface area contributed by atoms with Crippen LogP contribution < -0.4 is 0 Å². The van der Waals surface area contributed by atoms with Crippen LogP contribution in [-0.2, 0) is 4.48 Å². The number of carbonyl (C=O) groups is 1. The molecule has 0 aromatic rings. The van der Waals surface area contributed by atoms with Crippen molar-refractivity contribution in [3.05, 3.63) is 0 Å². The van der Waals surface area contributed by atoms with Gasteiger partial charge in [-0.1, -0.05) is 0 Å². The molecule has 0 saturated heterocycles. The molecule has 0 bridgehead atoms. The minimum absolute atomic E-state index is 0.255. The second kappa shape index (κ2) is 4.53. The molecule has 0 unspecified atom stereocenters. The zero-order valence-corrected chi connectivity index (χ0v) is 11.1. The van der Waals surface area contributed by atoms with Crippen molar-refractivity contribution < 1.29 is 69.1 Å². The first-order chi connectivity index (χ1) is 2.81. The molecule has 0 rings (SSSR count). The van der Waals surface area contributed by atoms with E-state index in [1.807, 2.05) is 0 Å². The molecule has 3 nitrogen and oxygen atoms in total. The van der Waals surface area contributed by atoms with Crippen LogP contribution in [0.4, 0.5) is 4.79 Å². The Balaban J connectivity index is 2.99. The Labute approximate surface area is 74.1 Å². The van der Waals surface area contributed by atoms with Crippen LogP contribution in [0.5, 0.6) is 0 Å². The third kappa shape index (κ3) is 3.56. The number of carbonyl (C=O) groups excluding carboxylic acids is 1. The van der Waals surface area contributed by atoms with E-state index in [1.54, 1.807) is 0 Å². The summed E-state index contributed by atoms with van der Waals surface area (Å²) in [6.07, 6.45) is -0.508. The molecule has 0 aromatic carbocycles. The molecule has 0 fully saturated rings. The van der Waals surface area contributed by atoms with Crippen LogP contribution in [0.25, 0.3) is 0 Å². The summed E-state index contributed by atoms with van der Waals surface area (Å²) in [5.74, 6) is 0. The molecule has 30 valence electrons. The molecule has 0 N–H and O–H groups in total. The molecular weight excluding hydrogens is 536 g/mol. The summed E-state index contributed by atoms with van der Waals surface area (Å²) < 4.78 is 8.50. The Morgan fingerprint density at radius 2 is 1.67 bits per heavy atom. The molecule has 0 aliphatic carbocycles. The summed E-state index contributed by atoms with van der Waals surface area (Å²) in [6.45, 7) is 0. The Hall–Kier alpha value is 1.37. The van der Waals surface area contributed by atoms with Crippen molar-refractivity contribution in [2.75, 3.05) is 0 Å². The number of rotatable bonds is 0. The van der Waals surface area contributed by atoms with E-state index >= 15 is 0 Å². The van der Waals surface area contributed by atoms with Gasteiger partial charge in [-0.3, -0.25) is 0 Å². The molecule has 0 atom stereocenters. The van der Waals surface area contributed by atoms with Gasteiger partial charge in [-0.05, 0) is 0 Å². The molecule has 0 aliphatic rings. The maximum atomic E-state index is 9.82. The van der Waals surface area contributed by atoms with E-state index in [4.69, 9.17) is 0 Å². The van der Waals surface area contributed by atoms with E-state index in [9.17, 15) is 4.79 Å². The zero-order chi connectivity index (χ0) is 4.99. The van der Waals surface area contributed by atoms with Crippen molar-refractivity contribution >= 4 is 6.16 Å². The van der Waals surface area contributed by atoms with Crippen molar-refractivity contribution in [3.63, 3.8) is 0 Å². The van der Waals surface area contributed by atoms with Gasteiger partial charge in [0.2, 0.25) is 0 Å². The van der Waals surface area contributed by atoms with Crippen LogP contribution in [0.3, 0.4) is 0 Å². The summed E-state index contributed by atoms with van der Waals surface area (Å²) in [5.41, 5.74) is 0. The van der Waals surface area contributed by atoms with Gasteiger partial charge >= 0.3 is 75.3 Å². The van der Waals surface area contributed by atoms with Gasteiger partial charge in [0.05, 0.1) is 0 Å². The van der Waals surface area contributed by atoms with Gasteiger partial charge in [-0.15, -0.1) is 0 Å². The fourth-order valence-corrected chi connectivity index (χ4v) is 1.81. The van der Waals surface area contributed by atoms with Crippen molar-refractivity contribution in [2.24, 2.45) is 0 Å². The van der Waals surface area contributed by atoms with Crippen LogP contribution >= 0.6 is 0 Å². The molecule has 6 heavy (non-hydrogen) atoms. The summed E-state index contributed by atoms with van der Waals surface area (Å²) in [5, 5.41) is 0. The number of hydrogen-bond acceptors (Lipinski definition) is 3. The third-order valence-electron chi connectivity index (χ3n) is 0.167. The van der Waals surface area contributed by atoms with Crippen molar-refractivity contribution in [1.29, 1.82) is 0 Å². The van der Waals surface area contributed by atoms with Gasteiger partial charge in [-0.2, -0.15) is 0 Å². The van der Waals surface area contributed by atoms with Gasteiger partial charge in [0, 0.05) is 0 Å². The van der Waals surface area contributed by atoms with E-state index in [0.29, 0.717) is 0 Å². The molecule has 0 amide bonds. The Morgan fingerprint density at radius 3 is 1.67 bits per heavy atom. The Bertz CT molecular complexity index is 46.8. The van der Waals surface area contributed by atoms with Gasteiger partial charge in [-0.25, -0.2) is 0 Å². The molecular formula is CO3U2. The molecule has 0 saturated carbocycles. The van der Waals surface area contributed by atoms with Gasteiger partial charge in [0.25, 0.3) is 0 Å². The van der Waals surface area contributed by atoms with Crippen LogP contribution in [0.2, 0.25) is 0 Å². The summed E-state index contributed by atoms with van der Waals surface area (Å²) in [4.78, 5) is 9.82. The maximum absolute atomic E-state index is 9.82. The fourth-order valence-electron chi connectivity index (χ4n) is 0.0208. The first kappa shape index (κ1) is 7.37. The van der Waals surface area contributed by atoms with Gasteiger partial charge < -0.3 is 0 Å². The average Bonchev–Trinajstić information content (AvgIpc) is 1.65. The van der Waals surface area contributed by atoms with Crippen LogP contribution in [0.15, 0.2) is 0 Å². The van der Waals surface area contributed by atoms with Gasteiger partial charge in [0.15, 0.2) is 0 Å². The quantitative estimate of drug-likeness (QED) is 0.440. The second-order valence-corrected chi connectivity index (χ2v) is 2.15. The van der Waals surface area contributed by atoms with E-state index in [0.717, 1.165) is 0 Å². The topological polar surface area (TPSA) is 35.5 Å². The van der Waals surface area contributed by atoms with Crippen LogP contribution in [0.1, 0.15) is 0 Å². The van der Waals surface area contributed by atoms with Gasteiger partial charge in [0.1, 0.15) is 0 Å². The summed E-state index contributed by atoms with van der Waals surface area (Å²) in [7, 11) is 0. The molecule has 0 spiro atoms. The van der Waals surface area contributed by atoms with Crippen LogP contribution in [0, 0.1) is 59.8 Å². The first-order valence-electron chi connectivity index (χ1n) is 1.02. The molecule has 0 aromatic heterocycles. The molecule has 0 heterocycles. The predicted octanol–water partition coefficient (Wildman–Crippen LogP) is 0.0682. The molecule has 0 aliphatic heterocycles. The average molecular weight is 536 g/mol. The standard InChI is InChI=1S/CH2O3.2U/c2-1(3)4;;/h(H2,2,3,4);;/q;2*+1/p-2. The van der Waals surface area contributed by atoms with Crippen LogP contribution in [-0.4, -0.2) is 6.16 Å². The van der Waals surface area contributed by atoms with Crippen molar-refractivity contribution in [2.45, 2.75) is 0 Å². The summed E-state index contributed by atoms with van der Waals surface area (Å²) >= 11 is 0.510. The molecule has 0 radical (unpaired) electrons. The summed E-state index contributed by atoms with van der Waals surface area (Å²) in [6, 6.07) is 0. The SMILES string of the molecule is O=C([O][U])[O][U]. The Morgan fingerprint density at radius 1 is 1.33 bits per heavy atom. The Kier molecular flexibility index (Phi) is 5.57. The van der Waals surface area contributed by atoms with E-state index in [-0.39, 0.29) is 59.8 Å². The zero-order valence-electron chi connectivity index (χ0n) is 2.72. The van der Waals surface area contributed by atoms with E-state index < -0.39 is 6.16 Å². The minimum atomic E-state index is -0.508. The second-order valence-electron chi connectivity index (χ2n) is 0.454. The third-order valence-corrected chi connectivity index (χ3v) is 1.55. The van der Waals surface area contributed by atoms with Crippen molar-refractivity contribution in [3.8, 4) is 0 Å². The molecule has 5 heteroatoms. The van der Waals surface area contributed by atoms with E-state index in [1.165, 1.54) is 0 Å². The fraction of sp³-hybridized carbons (Fsp3) is 0. The normalized spacial score (nSPS) is 7.33. The first-order valence-corrected chi connectivity index (χ1v) is 4.42. The predicted molar refractivity (Wildman–Crippen MR) is 7.57 cm³/mol.